The largest absolute Gasteiger partial charge is 0.464 e. The van der Waals surface area contributed by atoms with E-state index in [-0.39, 0.29) is 6.61 Å². The summed E-state index contributed by atoms with van der Waals surface area (Å²) in [6, 6.07) is 3.23. The maximum atomic E-state index is 11.0. The van der Waals surface area contributed by atoms with Gasteiger partial charge in [-0.05, 0) is 19.1 Å². The molecule has 0 bridgehead atoms. The zero-order chi connectivity index (χ0) is 9.84. The average Bonchev–Trinajstić information content (AvgIpc) is 2.51. The van der Waals surface area contributed by atoms with E-state index in [0.717, 1.165) is 11.3 Å². The van der Waals surface area contributed by atoms with Crippen LogP contribution in [0.3, 0.4) is 0 Å². The van der Waals surface area contributed by atoms with E-state index in [9.17, 15) is 9.90 Å². The van der Waals surface area contributed by atoms with Crippen LogP contribution < -0.4 is 0 Å². The first-order chi connectivity index (χ1) is 6.15. The normalized spacial score (nSPS) is 12.5. The molecule has 0 aromatic carbocycles. The summed E-state index contributed by atoms with van der Waals surface area (Å²) in [6.07, 6.45) is -1.21. The first-order valence-electron chi connectivity index (χ1n) is 3.75. The summed E-state index contributed by atoms with van der Waals surface area (Å²) in [7, 11) is 0. The van der Waals surface area contributed by atoms with Gasteiger partial charge in [0.25, 0.3) is 0 Å². The van der Waals surface area contributed by atoms with Crippen LogP contribution in [0, 0.1) is 0 Å². The number of aliphatic hydroxyl groups excluding tert-OH is 1. The van der Waals surface area contributed by atoms with Gasteiger partial charge in [-0.1, -0.05) is 11.6 Å². The van der Waals surface area contributed by atoms with Crippen LogP contribution in [0.15, 0.2) is 12.1 Å². The number of hydrogen-bond donors (Lipinski definition) is 1. The number of carbonyl (C=O) groups excluding carboxylic acids is 1. The number of hydrogen-bond acceptors (Lipinski definition) is 4. The van der Waals surface area contributed by atoms with Crippen LogP contribution in [0.1, 0.15) is 17.9 Å². The summed E-state index contributed by atoms with van der Waals surface area (Å²) in [5.41, 5.74) is 0. The van der Waals surface area contributed by atoms with Crippen LogP contribution in [-0.2, 0) is 9.53 Å². The molecule has 5 heteroatoms. The third-order valence-corrected chi connectivity index (χ3v) is 2.66. The molecule has 1 aromatic rings. The number of rotatable bonds is 3. The zero-order valence-corrected chi connectivity index (χ0v) is 8.56. The van der Waals surface area contributed by atoms with Gasteiger partial charge in [-0.15, -0.1) is 11.3 Å². The van der Waals surface area contributed by atoms with Gasteiger partial charge in [0.05, 0.1) is 10.9 Å². The van der Waals surface area contributed by atoms with Crippen LogP contribution in [0.2, 0.25) is 4.34 Å². The van der Waals surface area contributed by atoms with Gasteiger partial charge < -0.3 is 9.84 Å². The smallest absolute Gasteiger partial charge is 0.340 e. The zero-order valence-electron chi connectivity index (χ0n) is 6.99. The molecule has 3 nitrogen and oxygen atoms in total. The fourth-order valence-electron chi connectivity index (χ4n) is 0.813. The van der Waals surface area contributed by atoms with E-state index >= 15 is 0 Å². The van der Waals surface area contributed by atoms with E-state index in [1.807, 2.05) is 0 Å². The van der Waals surface area contributed by atoms with E-state index in [1.54, 1.807) is 19.1 Å². The molecule has 13 heavy (non-hydrogen) atoms. The van der Waals surface area contributed by atoms with Crippen molar-refractivity contribution in [1.82, 2.24) is 0 Å². The summed E-state index contributed by atoms with van der Waals surface area (Å²) >= 11 is 6.81. The van der Waals surface area contributed by atoms with Crippen LogP contribution in [0.4, 0.5) is 0 Å². The Morgan fingerprint density at radius 2 is 2.46 bits per heavy atom. The third kappa shape index (κ3) is 2.69. The predicted octanol–water partition coefficient (Wildman–Crippen LogP) is 2.00. The number of carbonyl (C=O) groups is 1. The van der Waals surface area contributed by atoms with Crippen molar-refractivity contribution in [3.05, 3.63) is 21.3 Å². The molecule has 0 fully saturated rings. The molecule has 1 aromatic heterocycles. The molecule has 0 saturated carbocycles. The number of ether oxygens (including phenoxy) is 1. The van der Waals surface area contributed by atoms with Gasteiger partial charge in [-0.3, -0.25) is 0 Å². The van der Waals surface area contributed by atoms with Crippen molar-refractivity contribution in [3.63, 3.8) is 0 Å². The van der Waals surface area contributed by atoms with Crippen molar-refractivity contribution in [3.8, 4) is 0 Å². The topological polar surface area (TPSA) is 46.5 Å². The Hall–Kier alpha value is -0.580. The molecule has 1 atom stereocenters. The molecule has 0 radical (unpaired) electrons. The van der Waals surface area contributed by atoms with Gasteiger partial charge in [0.15, 0.2) is 6.10 Å². The minimum atomic E-state index is -1.21. The predicted molar refractivity (Wildman–Crippen MR) is 50.9 cm³/mol. The summed E-state index contributed by atoms with van der Waals surface area (Å²) in [5, 5.41) is 9.41. The molecular formula is C8H9ClO3S. The highest BCUT2D eigenvalue weighted by atomic mass is 35.5. The Bertz CT molecular complexity index is 297. The van der Waals surface area contributed by atoms with Crippen molar-refractivity contribution < 1.29 is 14.6 Å². The lowest BCUT2D eigenvalue weighted by atomic mass is 10.3. The molecule has 72 valence electrons. The summed E-state index contributed by atoms with van der Waals surface area (Å²) < 4.78 is 5.18. The molecule has 0 spiro atoms. The van der Waals surface area contributed by atoms with Crippen LogP contribution in [-0.4, -0.2) is 17.7 Å². The first kappa shape index (κ1) is 10.5. The molecular weight excluding hydrogens is 212 g/mol. The number of thiophene rings is 1. The summed E-state index contributed by atoms with van der Waals surface area (Å²) in [5.74, 6) is -0.638. The van der Waals surface area contributed by atoms with E-state index in [1.165, 1.54) is 0 Å². The SMILES string of the molecule is CCOC(=O)C(O)c1ccc(Cl)s1. The van der Waals surface area contributed by atoms with E-state index in [2.05, 4.69) is 4.74 Å². The Morgan fingerprint density at radius 3 is 2.92 bits per heavy atom. The van der Waals surface area contributed by atoms with Crippen LogP contribution in [0.5, 0.6) is 0 Å². The monoisotopic (exact) mass is 220 g/mol. The molecule has 0 aliphatic rings. The molecule has 1 unspecified atom stereocenters. The Morgan fingerprint density at radius 1 is 1.77 bits per heavy atom. The molecule has 0 aliphatic heterocycles. The lowest BCUT2D eigenvalue weighted by Gasteiger charge is -2.06. The van der Waals surface area contributed by atoms with Crippen molar-refractivity contribution in [2.24, 2.45) is 0 Å². The van der Waals surface area contributed by atoms with E-state index in [4.69, 9.17) is 11.6 Å². The highest BCUT2D eigenvalue weighted by Gasteiger charge is 2.19. The van der Waals surface area contributed by atoms with Gasteiger partial charge in [0, 0.05) is 4.88 Å². The Kier molecular flexibility index (Phi) is 3.71. The average molecular weight is 221 g/mol. The molecule has 0 saturated heterocycles. The van der Waals surface area contributed by atoms with Crippen molar-refractivity contribution >= 4 is 28.9 Å². The lowest BCUT2D eigenvalue weighted by molar-refractivity contribution is -0.153. The highest BCUT2D eigenvalue weighted by molar-refractivity contribution is 7.16. The summed E-state index contributed by atoms with van der Waals surface area (Å²) in [4.78, 5) is 11.5. The Labute approximate surface area is 84.9 Å². The molecule has 1 N–H and O–H groups in total. The maximum absolute atomic E-state index is 11.0. The standard InChI is InChI=1S/C8H9ClO3S/c1-2-12-8(11)7(10)5-3-4-6(9)13-5/h3-4,7,10H,2H2,1H3. The molecule has 1 heterocycles. The fraction of sp³-hybridized carbons (Fsp3) is 0.375. The van der Waals surface area contributed by atoms with Crippen molar-refractivity contribution in [1.29, 1.82) is 0 Å². The first-order valence-corrected chi connectivity index (χ1v) is 4.94. The van der Waals surface area contributed by atoms with E-state index in [0.29, 0.717) is 9.21 Å². The van der Waals surface area contributed by atoms with Gasteiger partial charge in [-0.2, -0.15) is 0 Å². The van der Waals surface area contributed by atoms with E-state index < -0.39 is 12.1 Å². The molecule has 1 rings (SSSR count). The van der Waals surface area contributed by atoms with Crippen molar-refractivity contribution in [2.45, 2.75) is 13.0 Å². The maximum Gasteiger partial charge on any atom is 0.340 e. The highest BCUT2D eigenvalue weighted by Crippen LogP contribution is 2.27. The number of esters is 1. The second-order valence-electron chi connectivity index (χ2n) is 2.30. The fourth-order valence-corrected chi connectivity index (χ4v) is 1.85. The minimum Gasteiger partial charge on any atom is -0.464 e. The number of halogens is 1. The van der Waals surface area contributed by atoms with Gasteiger partial charge in [0.1, 0.15) is 0 Å². The molecule has 0 amide bonds. The van der Waals surface area contributed by atoms with Crippen molar-refractivity contribution in [2.75, 3.05) is 6.61 Å². The third-order valence-electron chi connectivity index (χ3n) is 1.37. The van der Waals surface area contributed by atoms with Crippen LogP contribution >= 0.6 is 22.9 Å². The minimum absolute atomic E-state index is 0.259. The lowest BCUT2D eigenvalue weighted by Crippen LogP contribution is -2.14. The van der Waals surface area contributed by atoms with Gasteiger partial charge in [-0.25, -0.2) is 4.79 Å². The number of aliphatic hydroxyl groups is 1. The molecule has 0 aliphatic carbocycles. The van der Waals surface area contributed by atoms with Gasteiger partial charge >= 0.3 is 5.97 Å². The second kappa shape index (κ2) is 4.60. The quantitative estimate of drug-likeness (QED) is 0.793. The Balaban J connectivity index is 2.67. The summed E-state index contributed by atoms with van der Waals surface area (Å²) in [6.45, 7) is 1.95. The second-order valence-corrected chi connectivity index (χ2v) is 4.04. The van der Waals surface area contributed by atoms with Gasteiger partial charge in [0.2, 0.25) is 0 Å². The van der Waals surface area contributed by atoms with Crippen LogP contribution in [0.25, 0.3) is 0 Å².